The second-order valence-corrected chi connectivity index (χ2v) is 5.12. The predicted octanol–water partition coefficient (Wildman–Crippen LogP) is 3.05. The number of fused-ring (bicyclic) bond motifs is 1. The summed E-state index contributed by atoms with van der Waals surface area (Å²) in [5.74, 6) is 0.246. The first-order chi connectivity index (χ1) is 9.95. The molecule has 0 amide bonds. The van der Waals surface area contributed by atoms with Gasteiger partial charge in [0, 0.05) is 11.3 Å². The van der Waals surface area contributed by atoms with Gasteiger partial charge in [-0.2, -0.15) is 0 Å². The van der Waals surface area contributed by atoms with E-state index in [4.69, 9.17) is 0 Å². The van der Waals surface area contributed by atoms with Crippen molar-refractivity contribution < 1.29 is 4.39 Å². The molecule has 0 saturated heterocycles. The molecular formula is C16H14FN3O. The molecule has 5 heteroatoms. The number of aryl methyl sites for hydroxylation is 3. The van der Waals surface area contributed by atoms with Crippen LogP contribution in [-0.4, -0.2) is 15.0 Å². The summed E-state index contributed by atoms with van der Waals surface area (Å²) in [5, 5.41) is 0.431. The Morgan fingerprint density at radius 3 is 2.57 bits per heavy atom. The fraction of sp³-hybridized carbons (Fsp3) is 0.188. The Labute approximate surface area is 120 Å². The third-order valence-electron chi connectivity index (χ3n) is 3.38. The minimum absolute atomic E-state index is 0.233. The Hall–Kier alpha value is -2.56. The highest BCUT2D eigenvalue weighted by molar-refractivity contribution is 5.92. The number of hydrogen-bond acceptors (Lipinski definition) is 3. The fourth-order valence-corrected chi connectivity index (χ4v) is 2.49. The van der Waals surface area contributed by atoms with Crippen molar-refractivity contribution in [3.05, 3.63) is 57.5 Å². The van der Waals surface area contributed by atoms with E-state index in [-0.39, 0.29) is 11.4 Å². The third kappa shape index (κ3) is 2.31. The molecule has 3 rings (SSSR count). The van der Waals surface area contributed by atoms with Gasteiger partial charge in [0.05, 0.1) is 16.6 Å². The van der Waals surface area contributed by atoms with Crippen molar-refractivity contribution in [1.29, 1.82) is 0 Å². The van der Waals surface area contributed by atoms with E-state index in [0.29, 0.717) is 22.4 Å². The van der Waals surface area contributed by atoms with Crippen LogP contribution in [0.25, 0.3) is 22.2 Å². The minimum Gasteiger partial charge on any atom is -0.310 e. The van der Waals surface area contributed by atoms with E-state index in [1.165, 1.54) is 12.1 Å². The lowest BCUT2D eigenvalue weighted by Gasteiger charge is -2.10. The highest BCUT2D eigenvalue weighted by atomic mass is 19.1. The highest BCUT2D eigenvalue weighted by Crippen LogP contribution is 2.27. The van der Waals surface area contributed by atoms with Crippen molar-refractivity contribution >= 4 is 10.9 Å². The summed E-state index contributed by atoms with van der Waals surface area (Å²) < 4.78 is 13.3. The molecule has 2 aromatic heterocycles. The standard InChI is InChI=1S/C16H14FN3O/c1-8-6-11(17)4-5-12(8)15-14-13(7-9(2)18-15)19-10(3)20-16(14)21/h4-7H,1-3H3,(H,19,20,21). The second kappa shape index (κ2) is 4.77. The van der Waals surface area contributed by atoms with Crippen LogP contribution in [0.5, 0.6) is 0 Å². The number of nitrogens with one attached hydrogen (secondary N) is 1. The number of H-pyrrole nitrogens is 1. The number of pyridine rings is 1. The van der Waals surface area contributed by atoms with Crippen LogP contribution < -0.4 is 5.56 Å². The maximum absolute atomic E-state index is 13.3. The molecule has 2 heterocycles. The Kier molecular flexibility index (Phi) is 3.05. The van der Waals surface area contributed by atoms with Crippen LogP contribution in [0.3, 0.4) is 0 Å². The summed E-state index contributed by atoms with van der Waals surface area (Å²) in [6.07, 6.45) is 0. The van der Waals surface area contributed by atoms with Gasteiger partial charge in [0.1, 0.15) is 11.6 Å². The van der Waals surface area contributed by atoms with Gasteiger partial charge in [-0.3, -0.25) is 9.78 Å². The topological polar surface area (TPSA) is 58.6 Å². The summed E-state index contributed by atoms with van der Waals surface area (Å²) in [7, 11) is 0. The zero-order valence-electron chi connectivity index (χ0n) is 12.0. The largest absolute Gasteiger partial charge is 0.310 e. The van der Waals surface area contributed by atoms with Crippen molar-refractivity contribution in [1.82, 2.24) is 15.0 Å². The first kappa shape index (κ1) is 13.4. The molecule has 0 unspecified atom stereocenters. The lowest BCUT2D eigenvalue weighted by atomic mass is 10.0. The number of aromatic amines is 1. The molecule has 0 saturated carbocycles. The summed E-state index contributed by atoms with van der Waals surface area (Å²) in [6.45, 7) is 5.38. The van der Waals surface area contributed by atoms with Gasteiger partial charge in [0.15, 0.2) is 0 Å². The molecule has 0 bridgehead atoms. The molecule has 1 aromatic carbocycles. The zero-order valence-corrected chi connectivity index (χ0v) is 12.0. The SMILES string of the molecule is Cc1cc2nc(C)[nH]c(=O)c2c(-c2ccc(F)cc2C)n1. The van der Waals surface area contributed by atoms with Crippen LogP contribution >= 0.6 is 0 Å². The summed E-state index contributed by atoms with van der Waals surface area (Å²) in [4.78, 5) is 23.8. The Morgan fingerprint density at radius 1 is 1.10 bits per heavy atom. The number of rotatable bonds is 1. The van der Waals surface area contributed by atoms with Gasteiger partial charge in [-0.25, -0.2) is 9.37 Å². The number of nitrogens with zero attached hydrogens (tertiary/aromatic N) is 2. The molecule has 0 aliphatic rings. The van der Waals surface area contributed by atoms with Crippen LogP contribution in [0.4, 0.5) is 4.39 Å². The molecule has 1 N–H and O–H groups in total. The molecule has 21 heavy (non-hydrogen) atoms. The zero-order chi connectivity index (χ0) is 15.1. The van der Waals surface area contributed by atoms with Gasteiger partial charge in [0.25, 0.3) is 5.56 Å². The van der Waals surface area contributed by atoms with Crippen LogP contribution in [0.15, 0.2) is 29.1 Å². The third-order valence-corrected chi connectivity index (χ3v) is 3.38. The van der Waals surface area contributed by atoms with Gasteiger partial charge in [-0.1, -0.05) is 0 Å². The normalized spacial score (nSPS) is 11.0. The fourth-order valence-electron chi connectivity index (χ4n) is 2.49. The molecule has 0 aliphatic carbocycles. The molecule has 0 fully saturated rings. The van der Waals surface area contributed by atoms with Crippen molar-refractivity contribution in [2.45, 2.75) is 20.8 Å². The highest BCUT2D eigenvalue weighted by Gasteiger charge is 2.14. The van der Waals surface area contributed by atoms with E-state index in [1.807, 2.05) is 6.92 Å². The van der Waals surface area contributed by atoms with E-state index in [9.17, 15) is 9.18 Å². The average molecular weight is 283 g/mol. The van der Waals surface area contributed by atoms with Crippen LogP contribution in [0, 0.1) is 26.6 Å². The van der Waals surface area contributed by atoms with Gasteiger partial charge in [-0.15, -0.1) is 0 Å². The van der Waals surface area contributed by atoms with Gasteiger partial charge < -0.3 is 4.98 Å². The summed E-state index contributed by atoms with van der Waals surface area (Å²) >= 11 is 0. The van der Waals surface area contributed by atoms with Crippen LogP contribution in [-0.2, 0) is 0 Å². The Balaban J connectivity index is 2.44. The molecule has 4 nitrogen and oxygen atoms in total. The number of halogens is 1. The first-order valence-corrected chi connectivity index (χ1v) is 6.60. The van der Waals surface area contributed by atoms with E-state index < -0.39 is 0 Å². The average Bonchev–Trinajstić information content (AvgIpc) is 2.36. The quantitative estimate of drug-likeness (QED) is 0.746. The van der Waals surface area contributed by atoms with E-state index >= 15 is 0 Å². The van der Waals surface area contributed by atoms with Gasteiger partial charge in [-0.05, 0) is 50.6 Å². The van der Waals surface area contributed by atoms with Gasteiger partial charge >= 0.3 is 0 Å². The van der Waals surface area contributed by atoms with E-state index in [0.717, 1.165) is 16.8 Å². The minimum atomic E-state index is -0.309. The van der Waals surface area contributed by atoms with Crippen molar-refractivity contribution in [2.24, 2.45) is 0 Å². The van der Waals surface area contributed by atoms with Crippen LogP contribution in [0.1, 0.15) is 17.1 Å². The van der Waals surface area contributed by atoms with Crippen molar-refractivity contribution in [2.75, 3.05) is 0 Å². The summed E-state index contributed by atoms with van der Waals surface area (Å²) in [5.41, 5.74) is 3.14. The molecular weight excluding hydrogens is 269 g/mol. The molecule has 0 spiro atoms. The van der Waals surface area contributed by atoms with Crippen molar-refractivity contribution in [3.63, 3.8) is 0 Å². The Morgan fingerprint density at radius 2 is 1.86 bits per heavy atom. The monoisotopic (exact) mass is 283 g/mol. The van der Waals surface area contributed by atoms with Crippen molar-refractivity contribution in [3.8, 4) is 11.3 Å². The first-order valence-electron chi connectivity index (χ1n) is 6.60. The maximum atomic E-state index is 13.3. The number of aromatic nitrogens is 3. The lowest BCUT2D eigenvalue weighted by Crippen LogP contribution is -2.12. The smallest absolute Gasteiger partial charge is 0.260 e. The molecule has 3 aromatic rings. The maximum Gasteiger partial charge on any atom is 0.260 e. The molecule has 0 radical (unpaired) electrons. The molecule has 106 valence electrons. The van der Waals surface area contributed by atoms with Gasteiger partial charge in [0.2, 0.25) is 0 Å². The van der Waals surface area contributed by atoms with Crippen LogP contribution in [0.2, 0.25) is 0 Å². The lowest BCUT2D eigenvalue weighted by molar-refractivity contribution is 0.627. The second-order valence-electron chi connectivity index (χ2n) is 5.12. The van der Waals surface area contributed by atoms with E-state index in [1.54, 1.807) is 26.0 Å². The Bertz CT molecular complexity index is 910. The molecule has 0 aliphatic heterocycles. The van der Waals surface area contributed by atoms with E-state index in [2.05, 4.69) is 15.0 Å². The summed E-state index contributed by atoms with van der Waals surface area (Å²) in [6, 6.07) is 6.22. The molecule has 0 atom stereocenters. The number of hydrogen-bond donors (Lipinski definition) is 1. The number of benzene rings is 1. The predicted molar refractivity (Wildman–Crippen MR) is 79.8 cm³/mol.